The van der Waals surface area contributed by atoms with Crippen LogP contribution >= 0.6 is 0 Å². The van der Waals surface area contributed by atoms with Crippen LogP contribution in [0.2, 0.25) is 0 Å². The van der Waals surface area contributed by atoms with Gasteiger partial charge in [-0.2, -0.15) is 0 Å². The molecule has 0 unspecified atom stereocenters. The molecule has 1 aliphatic rings. The topological polar surface area (TPSA) is 71.3 Å². The van der Waals surface area contributed by atoms with E-state index < -0.39 is 29.1 Å². The van der Waals surface area contributed by atoms with E-state index in [0.717, 1.165) is 38.1 Å². The summed E-state index contributed by atoms with van der Waals surface area (Å²) in [6, 6.07) is 11.7. The predicted octanol–water partition coefficient (Wildman–Crippen LogP) is 3.47. The van der Waals surface area contributed by atoms with E-state index in [1.54, 1.807) is 24.3 Å². The smallest absolute Gasteiger partial charge is 0.318 e. The minimum absolute atomic E-state index is 0.151. The average Bonchev–Trinajstić information content (AvgIpc) is 3.38. The number of hydrogen-bond acceptors (Lipinski definition) is 5. The molecule has 0 bridgehead atoms. The molecule has 1 atom stereocenters. The minimum atomic E-state index is -0.937. The van der Waals surface area contributed by atoms with Crippen LogP contribution in [0.3, 0.4) is 0 Å². The van der Waals surface area contributed by atoms with E-state index in [0.29, 0.717) is 11.6 Å². The first kappa shape index (κ1) is 18.1. The van der Waals surface area contributed by atoms with Gasteiger partial charge in [0.1, 0.15) is 23.2 Å². The molecule has 0 saturated carbocycles. The van der Waals surface area contributed by atoms with Crippen molar-refractivity contribution in [2.45, 2.75) is 18.9 Å². The zero-order chi connectivity index (χ0) is 19.5. The largest absolute Gasteiger partial charge is 0.405 e. The van der Waals surface area contributed by atoms with Gasteiger partial charge in [-0.25, -0.2) is 8.78 Å². The van der Waals surface area contributed by atoms with Crippen LogP contribution in [-0.2, 0) is 0 Å². The number of carbonyl (C=O) groups excluding carboxylic acids is 1. The monoisotopic (exact) mass is 384 g/mol. The number of amides is 1. The Labute approximate surface area is 160 Å². The van der Waals surface area contributed by atoms with Crippen LogP contribution in [0.4, 0.5) is 14.8 Å². The maximum atomic E-state index is 14.0. The van der Waals surface area contributed by atoms with E-state index in [9.17, 15) is 13.6 Å². The highest BCUT2D eigenvalue weighted by Gasteiger charge is 2.27. The number of rotatable bonds is 5. The molecule has 1 aromatic heterocycles. The third-order valence-electron chi connectivity index (χ3n) is 4.65. The number of benzene rings is 2. The first-order valence-electron chi connectivity index (χ1n) is 9.01. The molecular weight excluding hydrogens is 366 g/mol. The van der Waals surface area contributed by atoms with E-state index in [2.05, 4.69) is 15.5 Å². The molecule has 28 heavy (non-hydrogen) atoms. The fourth-order valence-electron chi connectivity index (χ4n) is 3.23. The summed E-state index contributed by atoms with van der Waals surface area (Å²) in [7, 11) is 0. The van der Waals surface area contributed by atoms with Crippen molar-refractivity contribution in [1.29, 1.82) is 0 Å². The van der Waals surface area contributed by atoms with Gasteiger partial charge in [0.25, 0.3) is 5.91 Å². The normalized spacial score (nSPS) is 14.9. The zero-order valence-electron chi connectivity index (χ0n) is 14.9. The van der Waals surface area contributed by atoms with Gasteiger partial charge in [-0.15, -0.1) is 5.10 Å². The third-order valence-corrected chi connectivity index (χ3v) is 4.65. The molecule has 0 aliphatic carbocycles. The van der Waals surface area contributed by atoms with E-state index in [1.165, 1.54) is 6.07 Å². The third kappa shape index (κ3) is 3.58. The fraction of sp³-hybridized carbons (Fsp3) is 0.250. The van der Waals surface area contributed by atoms with Crippen molar-refractivity contribution in [1.82, 2.24) is 15.5 Å². The van der Waals surface area contributed by atoms with Crippen LogP contribution in [-0.4, -0.2) is 29.2 Å². The van der Waals surface area contributed by atoms with Crippen molar-refractivity contribution in [3.63, 3.8) is 0 Å². The molecule has 1 saturated heterocycles. The molecule has 6 nitrogen and oxygen atoms in total. The number of nitrogens with one attached hydrogen (secondary N) is 1. The SMILES string of the molecule is O=C(N[C@H](c1ccccc1)c1nnc(N2CCCC2)o1)c1c(F)cccc1F. The summed E-state index contributed by atoms with van der Waals surface area (Å²) >= 11 is 0. The van der Waals surface area contributed by atoms with E-state index in [4.69, 9.17) is 4.42 Å². The molecule has 1 N–H and O–H groups in total. The number of hydrogen-bond donors (Lipinski definition) is 1. The molecule has 2 heterocycles. The van der Waals surface area contributed by atoms with Crippen LogP contribution in [0.15, 0.2) is 52.9 Å². The zero-order valence-corrected chi connectivity index (χ0v) is 14.9. The fourth-order valence-corrected chi connectivity index (χ4v) is 3.23. The van der Waals surface area contributed by atoms with Gasteiger partial charge < -0.3 is 14.6 Å². The number of halogens is 2. The van der Waals surface area contributed by atoms with Gasteiger partial charge in [-0.3, -0.25) is 4.79 Å². The average molecular weight is 384 g/mol. The maximum Gasteiger partial charge on any atom is 0.318 e. The summed E-state index contributed by atoms with van der Waals surface area (Å²) in [6.45, 7) is 1.65. The Kier molecular flexibility index (Phi) is 5.01. The van der Waals surface area contributed by atoms with Gasteiger partial charge in [0, 0.05) is 13.1 Å². The van der Waals surface area contributed by atoms with Gasteiger partial charge in [-0.05, 0) is 30.5 Å². The van der Waals surface area contributed by atoms with Crippen molar-refractivity contribution < 1.29 is 18.0 Å². The molecule has 2 aromatic carbocycles. The van der Waals surface area contributed by atoms with E-state index in [-0.39, 0.29) is 5.89 Å². The number of aromatic nitrogens is 2. The molecule has 0 radical (unpaired) electrons. The number of carbonyl (C=O) groups is 1. The standard InChI is InChI=1S/C20H18F2N4O2/c21-14-9-6-10-15(22)16(14)18(27)23-17(13-7-2-1-3-8-13)19-24-25-20(28-19)26-11-4-5-12-26/h1-3,6-10,17H,4-5,11-12H2,(H,23,27)/t17-/m1/s1. The van der Waals surface area contributed by atoms with Crippen molar-refractivity contribution >= 4 is 11.9 Å². The molecule has 0 spiro atoms. The summed E-state index contributed by atoms with van der Waals surface area (Å²) in [5.74, 6) is -2.62. The number of nitrogens with zero attached hydrogens (tertiary/aromatic N) is 3. The maximum absolute atomic E-state index is 14.0. The quantitative estimate of drug-likeness (QED) is 0.729. The second kappa shape index (κ2) is 7.75. The summed E-state index contributed by atoms with van der Waals surface area (Å²) < 4.78 is 33.8. The second-order valence-corrected chi connectivity index (χ2v) is 6.53. The summed E-state index contributed by atoms with van der Waals surface area (Å²) in [6.07, 6.45) is 2.09. The van der Waals surface area contributed by atoms with Gasteiger partial charge in [0.2, 0.25) is 5.89 Å². The highest BCUT2D eigenvalue weighted by atomic mass is 19.1. The molecule has 4 rings (SSSR count). The van der Waals surface area contributed by atoms with Crippen molar-refractivity contribution in [2.75, 3.05) is 18.0 Å². The predicted molar refractivity (Wildman–Crippen MR) is 97.9 cm³/mol. The van der Waals surface area contributed by atoms with E-state index in [1.807, 2.05) is 11.0 Å². The molecule has 1 fully saturated rings. The Morgan fingerprint density at radius 1 is 1.00 bits per heavy atom. The van der Waals surface area contributed by atoms with Gasteiger partial charge in [-0.1, -0.05) is 41.5 Å². The first-order valence-corrected chi connectivity index (χ1v) is 9.01. The minimum Gasteiger partial charge on any atom is -0.405 e. The van der Waals surface area contributed by atoms with E-state index >= 15 is 0 Å². The van der Waals surface area contributed by atoms with Crippen molar-refractivity contribution in [3.8, 4) is 0 Å². The lowest BCUT2D eigenvalue weighted by Crippen LogP contribution is -2.31. The Bertz CT molecular complexity index is 951. The Morgan fingerprint density at radius 3 is 2.36 bits per heavy atom. The molecule has 3 aromatic rings. The highest BCUT2D eigenvalue weighted by Crippen LogP contribution is 2.26. The lowest BCUT2D eigenvalue weighted by molar-refractivity contribution is 0.0929. The van der Waals surface area contributed by atoms with Gasteiger partial charge >= 0.3 is 6.01 Å². The van der Waals surface area contributed by atoms with Crippen LogP contribution in [0.5, 0.6) is 0 Å². The van der Waals surface area contributed by atoms with Crippen LogP contribution < -0.4 is 10.2 Å². The lowest BCUT2D eigenvalue weighted by Gasteiger charge is -2.17. The van der Waals surface area contributed by atoms with Crippen molar-refractivity contribution in [2.24, 2.45) is 0 Å². The van der Waals surface area contributed by atoms with Crippen LogP contribution in [0, 0.1) is 11.6 Å². The van der Waals surface area contributed by atoms with Crippen LogP contribution in [0.1, 0.15) is 40.7 Å². The Hall–Kier alpha value is -3.29. The molecule has 1 aliphatic heterocycles. The Balaban J connectivity index is 1.66. The summed E-state index contributed by atoms with van der Waals surface area (Å²) in [4.78, 5) is 14.6. The first-order chi connectivity index (χ1) is 13.6. The van der Waals surface area contributed by atoms with Gasteiger partial charge in [0.05, 0.1) is 0 Å². The molecule has 8 heteroatoms. The lowest BCUT2D eigenvalue weighted by atomic mass is 10.1. The number of anilines is 1. The van der Waals surface area contributed by atoms with Crippen LogP contribution in [0.25, 0.3) is 0 Å². The summed E-state index contributed by atoms with van der Waals surface area (Å²) in [5.41, 5.74) is 0.00642. The summed E-state index contributed by atoms with van der Waals surface area (Å²) in [5, 5.41) is 10.8. The molecule has 144 valence electrons. The van der Waals surface area contributed by atoms with Crippen molar-refractivity contribution in [3.05, 3.63) is 77.2 Å². The molecular formula is C20H18F2N4O2. The van der Waals surface area contributed by atoms with Gasteiger partial charge in [0.15, 0.2) is 0 Å². The molecule has 1 amide bonds. The second-order valence-electron chi connectivity index (χ2n) is 6.53. The highest BCUT2D eigenvalue weighted by molar-refractivity contribution is 5.95. The Morgan fingerprint density at radius 2 is 1.68 bits per heavy atom.